The smallest absolute Gasteiger partial charge is 0.0354 e. The molecule has 1 aromatic carbocycles. The first-order chi connectivity index (χ1) is 7.11. The van der Waals surface area contributed by atoms with Crippen molar-refractivity contribution >= 4 is 5.69 Å². The Morgan fingerprint density at radius 3 is 2.67 bits per heavy atom. The first-order valence-electron chi connectivity index (χ1n) is 5.45. The van der Waals surface area contributed by atoms with Crippen molar-refractivity contribution in [2.45, 2.75) is 33.2 Å². The van der Waals surface area contributed by atoms with E-state index in [1.807, 2.05) is 18.2 Å². The van der Waals surface area contributed by atoms with Gasteiger partial charge in [0.15, 0.2) is 0 Å². The third-order valence-corrected chi connectivity index (χ3v) is 2.27. The van der Waals surface area contributed by atoms with Crippen molar-refractivity contribution < 1.29 is 0 Å². The Kier molecular flexibility index (Phi) is 4.24. The molecule has 1 heteroatoms. The van der Waals surface area contributed by atoms with E-state index in [0.717, 1.165) is 11.3 Å². The van der Waals surface area contributed by atoms with Crippen LogP contribution in [0.1, 0.15) is 32.8 Å². The summed E-state index contributed by atoms with van der Waals surface area (Å²) < 4.78 is 0. The van der Waals surface area contributed by atoms with Gasteiger partial charge in [0.05, 0.1) is 0 Å². The largest absolute Gasteiger partial charge is 0.383 e. The van der Waals surface area contributed by atoms with Crippen molar-refractivity contribution in [3.8, 4) is 12.3 Å². The SMILES string of the molecule is C#Cc1cccc(NC(C)CC(C)C)c1. The highest BCUT2D eigenvalue weighted by atomic mass is 14.9. The van der Waals surface area contributed by atoms with Crippen LogP contribution in [0.2, 0.25) is 0 Å². The van der Waals surface area contributed by atoms with Gasteiger partial charge in [-0.1, -0.05) is 25.8 Å². The minimum atomic E-state index is 0.484. The lowest BCUT2D eigenvalue weighted by Crippen LogP contribution is -2.17. The number of terminal acetylenes is 1. The van der Waals surface area contributed by atoms with Crippen LogP contribution in [0.15, 0.2) is 24.3 Å². The van der Waals surface area contributed by atoms with E-state index in [1.54, 1.807) is 0 Å². The molecule has 1 aromatic rings. The number of hydrogen-bond acceptors (Lipinski definition) is 1. The van der Waals surface area contributed by atoms with Crippen LogP contribution in [0, 0.1) is 18.3 Å². The highest BCUT2D eigenvalue weighted by Crippen LogP contribution is 2.14. The lowest BCUT2D eigenvalue weighted by atomic mass is 10.0. The first kappa shape index (κ1) is 11.7. The molecule has 0 heterocycles. The zero-order valence-electron chi connectivity index (χ0n) is 9.75. The number of anilines is 1. The number of benzene rings is 1. The predicted molar refractivity (Wildman–Crippen MR) is 66.9 cm³/mol. The Hall–Kier alpha value is -1.42. The van der Waals surface area contributed by atoms with Gasteiger partial charge in [-0.3, -0.25) is 0 Å². The fraction of sp³-hybridized carbons (Fsp3) is 0.429. The van der Waals surface area contributed by atoms with Gasteiger partial charge in [-0.25, -0.2) is 0 Å². The fourth-order valence-corrected chi connectivity index (χ4v) is 1.75. The summed E-state index contributed by atoms with van der Waals surface area (Å²) >= 11 is 0. The molecule has 0 aliphatic rings. The molecule has 0 saturated heterocycles. The molecule has 0 saturated carbocycles. The summed E-state index contributed by atoms with van der Waals surface area (Å²) in [5.74, 6) is 3.35. The molecule has 1 N–H and O–H groups in total. The summed E-state index contributed by atoms with van der Waals surface area (Å²) in [5.41, 5.74) is 2.04. The number of rotatable bonds is 4. The Morgan fingerprint density at radius 2 is 2.07 bits per heavy atom. The van der Waals surface area contributed by atoms with Crippen LogP contribution in [0.5, 0.6) is 0 Å². The van der Waals surface area contributed by atoms with Gasteiger partial charge < -0.3 is 5.32 Å². The van der Waals surface area contributed by atoms with Gasteiger partial charge in [-0.05, 0) is 37.5 Å². The Labute approximate surface area is 92.9 Å². The van der Waals surface area contributed by atoms with E-state index in [-0.39, 0.29) is 0 Å². The normalized spacial score (nSPS) is 12.2. The summed E-state index contributed by atoms with van der Waals surface area (Å²) in [6.07, 6.45) is 6.52. The van der Waals surface area contributed by atoms with Gasteiger partial charge in [0.2, 0.25) is 0 Å². The van der Waals surface area contributed by atoms with Crippen molar-refractivity contribution in [2.75, 3.05) is 5.32 Å². The van der Waals surface area contributed by atoms with Crippen molar-refractivity contribution in [2.24, 2.45) is 5.92 Å². The van der Waals surface area contributed by atoms with E-state index in [4.69, 9.17) is 6.42 Å². The van der Waals surface area contributed by atoms with Crippen molar-refractivity contribution in [1.82, 2.24) is 0 Å². The van der Waals surface area contributed by atoms with Crippen LogP contribution in [-0.2, 0) is 0 Å². The molecule has 0 aliphatic heterocycles. The van der Waals surface area contributed by atoms with E-state index in [9.17, 15) is 0 Å². The molecule has 0 bridgehead atoms. The second-order valence-corrected chi connectivity index (χ2v) is 4.40. The number of nitrogens with one attached hydrogen (secondary N) is 1. The molecular formula is C14H19N. The molecule has 80 valence electrons. The molecule has 0 aliphatic carbocycles. The maximum atomic E-state index is 5.35. The Morgan fingerprint density at radius 1 is 1.33 bits per heavy atom. The zero-order chi connectivity index (χ0) is 11.3. The second-order valence-electron chi connectivity index (χ2n) is 4.40. The van der Waals surface area contributed by atoms with Gasteiger partial charge in [0, 0.05) is 17.3 Å². The van der Waals surface area contributed by atoms with Gasteiger partial charge in [-0.2, -0.15) is 0 Å². The van der Waals surface area contributed by atoms with Crippen molar-refractivity contribution in [3.05, 3.63) is 29.8 Å². The predicted octanol–water partition coefficient (Wildman–Crippen LogP) is 3.51. The second kappa shape index (κ2) is 5.46. The third kappa shape index (κ3) is 4.08. The number of hydrogen-bond donors (Lipinski definition) is 1. The van der Waals surface area contributed by atoms with Crippen LogP contribution in [0.3, 0.4) is 0 Å². The summed E-state index contributed by atoms with van der Waals surface area (Å²) in [4.78, 5) is 0. The molecule has 1 atom stereocenters. The van der Waals surface area contributed by atoms with Gasteiger partial charge in [0.1, 0.15) is 0 Å². The molecule has 0 spiro atoms. The van der Waals surface area contributed by atoms with Crippen LogP contribution in [0.25, 0.3) is 0 Å². The lowest BCUT2D eigenvalue weighted by molar-refractivity contribution is 0.540. The first-order valence-corrected chi connectivity index (χ1v) is 5.45. The highest BCUT2D eigenvalue weighted by molar-refractivity contribution is 5.50. The molecule has 1 unspecified atom stereocenters. The molecule has 15 heavy (non-hydrogen) atoms. The van der Waals surface area contributed by atoms with E-state index < -0.39 is 0 Å². The lowest BCUT2D eigenvalue weighted by Gasteiger charge is -2.17. The highest BCUT2D eigenvalue weighted by Gasteiger charge is 2.04. The van der Waals surface area contributed by atoms with Gasteiger partial charge in [0.25, 0.3) is 0 Å². The zero-order valence-corrected chi connectivity index (χ0v) is 9.75. The summed E-state index contributed by atoms with van der Waals surface area (Å²) in [6.45, 7) is 6.66. The van der Waals surface area contributed by atoms with Crippen molar-refractivity contribution in [3.63, 3.8) is 0 Å². The quantitative estimate of drug-likeness (QED) is 0.735. The van der Waals surface area contributed by atoms with Crippen LogP contribution < -0.4 is 5.32 Å². The van der Waals surface area contributed by atoms with E-state index in [1.165, 1.54) is 6.42 Å². The van der Waals surface area contributed by atoms with Crippen molar-refractivity contribution in [1.29, 1.82) is 0 Å². The molecule has 0 fully saturated rings. The van der Waals surface area contributed by atoms with Crippen LogP contribution in [-0.4, -0.2) is 6.04 Å². The monoisotopic (exact) mass is 201 g/mol. The topological polar surface area (TPSA) is 12.0 Å². The summed E-state index contributed by atoms with van der Waals surface area (Å²) in [5, 5.41) is 3.45. The Balaban J connectivity index is 2.60. The van der Waals surface area contributed by atoms with E-state index in [2.05, 4.69) is 38.1 Å². The van der Waals surface area contributed by atoms with E-state index in [0.29, 0.717) is 12.0 Å². The molecule has 1 nitrogen and oxygen atoms in total. The molecule has 0 aromatic heterocycles. The van der Waals surface area contributed by atoms with Gasteiger partial charge >= 0.3 is 0 Å². The summed E-state index contributed by atoms with van der Waals surface area (Å²) in [7, 11) is 0. The molecule has 0 amide bonds. The average molecular weight is 201 g/mol. The third-order valence-electron chi connectivity index (χ3n) is 2.27. The van der Waals surface area contributed by atoms with Gasteiger partial charge in [-0.15, -0.1) is 6.42 Å². The molecule has 1 rings (SSSR count). The average Bonchev–Trinajstić information content (AvgIpc) is 2.16. The molecular weight excluding hydrogens is 182 g/mol. The minimum Gasteiger partial charge on any atom is -0.383 e. The standard InChI is InChI=1S/C14H19N/c1-5-13-7-6-8-14(10-13)15-12(4)9-11(2)3/h1,6-8,10-12,15H,9H2,2-4H3. The van der Waals surface area contributed by atoms with Crippen LogP contribution in [0.4, 0.5) is 5.69 Å². The maximum absolute atomic E-state index is 5.35. The minimum absolute atomic E-state index is 0.484. The fourth-order valence-electron chi connectivity index (χ4n) is 1.75. The van der Waals surface area contributed by atoms with E-state index >= 15 is 0 Å². The Bertz CT molecular complexity index is 347. The molecule has 0 radical (unpaired) electrons. The summed E-state index contributed by atoms with van der Waals surface area (Å²) in [6, 6.07) is 8.48. The van der Waals surface area contributed by atoms with Crippen LogP contribution >= 0.6 is 0 Å². The maximum Gasteiger partial charge on any atom is 0.0354 e.